The zero-order valence-corrected chi connectivity index (χ0v) is 9.54. The van der Waals surface area contributed by atoms with Gasteiger partial charge in [-0.15, -0.1) is 0 Å². The minimum Gasteiger partial charge on any atom is -0.388 e. The second-order valence-corrected chi connectivity index (χ2v) is 4.80. The van der Waals surface area contributed by atoms with Crippen molar-refractivity contribution in [3.05, 3.63) is 35.4 Å². The molecule has 1 nitrogen and oxygen atoms in total. The molecule has 1 atom stereocenters. The Labute approximate surface area is 86.8 Å². The third kappa shape index (κ3) is 2.58. The lowest BCUT2D eigenvalue weighted by Gasteiger charge is -2.19. The molecule has 1 heteroatoms. The summed E-state index contributed by atoms with van der Waals surface area (Å²) in [5.74, 6) is 0. The lowest BCUT2D eigenvalue weighted by atomic mass is 9.86. The number of rotatable bonds is 2. The highest BCUT2D eigenvalue weighted by Crippen LogP contribution is 2.24. The molecule has 0 amide bonds. The first-order valence-electron chi connectivity index (χ1n) is 5.23. The SMILES string of the molecule is CC[C@@H](O)c1ccc(C(C)(C)C)cc1. The number of hydrogen-bond acceptors (Lipinski definition) is 1. The van der Waals surface area contributed by atoms with Crippen molar-refractivity contribution in [1.82, 2.24) is 0 Å². The summed E-state index contributed by atoms with van der Waals surface area (Å²) in [5.41, 5.74) is 2.51. The maximum Gasteiger partial charge on any atom is 0.0787 e. The Morgan fingerprint density at radius 1 is 1.14 bits per heavy atom. The standard InChI is InChI=1S/C13H20O/c1-5-12(14)10-6-8-11(9-7-10)13(2,3)4/h6-9,12,14H,5H2,1-4H3/t12-/m1/s1. The summed E-state index contributed by atoms with van der Waals surface area (Å²) in [5, 5.41) is 9.62. The van der Waals surface area contributed by atoms with Gasteiger partial charge in [0.1, 0.15) is 0 Å². The summed E-state index contributed by atoms with van der Waals surface area (Å²) in [7, 11) is 0. The lowest BCUT2D eigenvalue weighted by molar-refractivity contribution is 0.173. The predicted molar refractivity (Wildman–Crippen MR) is 60.4 cm³/mol. The normalized spacial score (nSPS) is 14.1. The zero-order chi connectivity index (χ0) is 10.8. The number of hydrogen-bond donors (Lipinski definition) is 1. The molecule has 0 bridgehead atoms. The third-order valence-electron chi connectivity index (χ3n) is 2.55. The predicted octanol–water partition coefficient (Wildman–Crippen LogP) is 3.43. The largest absolute Gasteiger partial charge is 0.388 e. The van der Waals surface area contributed by atoms with Crippen LogP contribution in [0, 0.1) is 0 Å². The van der Waals surface area contributed by atoms with Gasteiger partial charge in [-0.2, -0.15) is 0 Å². The third-order valence-corrected chi connectivity index (χ3v) is 2.55. The Kier molecular flexibility index (Phi) is 3.33. The number of aliphatic hydroxyl groups excluding tert-OH is 1. The molecule has 0 saturated carbocycles. The van der Waals surface area contributed by atoms with E-state index in [2.05, 4.69) is 32.9 Å². The Morgan fingerprint density at radius 2 is 1.64 bits per heavy atom. The molecule has 14 heavy (non-hydrogen) atoms. The van der Waals surface area contributed by atoms with Gasteiger partial charge in [0.15, 0.2) is 0 Å². The van der Waals surface area contributed by atoms with Gasteiger partial charge in [-0.05, 0) is 23.0 Å². The topological polar surface area (TPSA) is 20.2 Å². The molecule has 0 aromatic heterocycles. The average Bonchev–Trinajstić information content (AvgIpc) is 2.15. The molecule has 0 heterocycles. The van der Waals surface area contributed by atoms with Crippen molar-refractivity contribution in [2.75, 3.05) is 0 Å². The minimum atomic E-state index is -0.316. The molecule has 1 N–H and O–H groups in total. The van der Waals surface area contributed by atoms with Gasteiger partial charge in [-0.1, -0.05) is 52.0 Å². The van der Waals surface area contributed by atoms with Crippen LogP contribution in [0.3, 0.4) is 0 Å². The molecule has 0 aliphatic carbocycles. The van der Waals surface area contributed by atoms with Gasteiger partial charge in [0.25, 0.3) is 0 Å². The van der Waals surface area contributed by atoms with Gasteiger partial charge in [0, 0.05) is 0 Å². The van der Waals surface area contributed by atoms with Gasteiger partial charge in [0.05, 0.1) is 6.10 Å². The van der Waals surface area contributed by atoms with E-state index in [0.717, 1.165) is 12.0 Å². The average molecular weight is 192 g/mol. The second-order valence-electron chi connectivity index (χ2n) is 4.80. The quantitative estimate of drug-likeness (QED) is 0.761. The molecule has 0 aliphatic heterocycles. The Balaban J connectivity index is 2.89. The molecule has 0 aliphatic rings. The van der Waals surface area contributed by atoms with Crippen LogP contribution >= 0.6 is 0 Å². The van der Waals surface area contributed by atoms with Crippen molar-refractivity contribution in [2.45, 2.75) is 45.6 Å². The summed E-state index contributed by atoms with van der Waals surface area (Å²) >= 11 is 0. The lowest BCUT2D eigenvalue weighted by Crippen LogP contribution is -2.11. The molecule has 0 radical (unpaired) electrons. The monoisotopic (exact) mass is 192 g/mol. The van der Waals surface area contributed by atoms with Gasteiger partial charge < -0.3 is 5.11 Å². The fourth-order valence-electron chi connectivity index (χ4n) is 1.44. The van der Waals surface area contributed by atoms with E-state index in [4.69, 9.17) is 0 Å². The van der Waals surface area contributed by atoms with E-state index in [1.165, 1.54) is 5.56 Å². The van der Waals surface area contributed by atoms with Crippen LogP contribution in [0.25, 0.3) is 0 Å². The fraction of sp³-hybridized carbons (Fsp3) is 0.538. The smallest absolute Gasteiger partial charge is 0.0787 e. The maximum atomic E-state index is 9.62. The van der Waals surface area contributed by atoms with Crippen LogP contribution in [0.2, 0.25) is 0 Å². The Bertz CT molecular complexity index is 279. The molecule has 78 valence electrons. The highest BCUT2D eigenvalue weighted by atomic mass is 16.3. The van der Waals surface area contributed by atoms with E-state index in [-0.39, 0.29) is 11.5 Å². The highest BCUT2D eigenvalue weighted by molar-refractivity contribution is 5.28. The van der Waals surface area contributed by atoms with Crippen molar-refractivity contribution in [2.24, 2.45) is 0 Å². The van der Waals surface area contributed by atoms with Crippen molar-refractivity contribution in [3.8, 4) is 0 Å². The number of aliphatic hydroxyl groups is 1. The van der Waals surface area contributed by atoms with Crippen LogP contribution < -0.4 is 0 Å². The molecule has 0 unspecified atom stereocenters. The fourth-order valence-corrected chi connectivity index (χ4v) is 1.44. The van der Waals surface area contributed by atoms with E-state index in [1.54, 1.807) is 0 Å². The second kappa shape index (κ2) is 4.14. The molecular formula is C13H20O. The van der Waals surface area contributed by atoms with Crippen LogP contribution in [0.1, 0.15) is 51.3 Å². The molecule has 0 spiro atoms. The summed E-state index contributed by atoms with van der Waals surface area (Å²) in [6.45, 7) is 8.57. The molecule has 1 aromatic rings. The van der Waals surface area contributed by atoms with E-state index in [1.807, 2.05) is 19.1 Å². The van der Waals surface area contributed by atoms with E-state index in [0.29, 0.717) is 0 Å². The molecule has 1 rings (SSSR count). The van der Waals surface area contributed by atoms with Crippen LogP contribution in [-0.4, -0.2) is 5.11 Å². The maximum absolute atomic E-state index is 9.62. The summed E-state index contributed by atoms with van der Waals surface area (Å²) in [4.78, 5) is 0. The van der Waals surface area contributed by atoms with Crippen molar-refractivity contribution in [3.63, 3.8) is 0 Å². The molecule has 0 fully saturated rings. The first kappa shape index (κ1) is 11.3. The summed E-state index contributed by atoms with van der Waals surface area (Å²) in [6.07, 6.45) is 0.457. The van der Waals surface area contributed by atoms with Crippen LogP contribution in [0.5, 0.6) is 0 Å². The van der Waals surface area contributed by atoms with Crippen molar-refractivity contribution >= 4 is 0 Å². The molecule has 0 saturated heterocycles. The number of benzene rings is 1. The summed E-state index contributed by atoms with van der Waals surface area (Å²) < 4.78 is 0. The van der Waals surface area contributed by atoms with Crippen molar-refractivity contribution < 1.29 is 5.11 Å². The Morgan fingerprint density at radius 3 is 2.00 bits per heavy atom. The van der Waals surface area contributed by atoms with Crippen molar-refractivity contribution in [1.29, 1.82) is 0 Å². The van der Waals surface area contributed by atoms with E-state index < -0.39 is 0 Å². The highest BCUT2D eigenvalue weighted by Gasteiger charge is 2.13. The van der Waals surface area contributed by atoms with Gasteiger partial charge in [0.2, 0.25) is 0 Å². The molecule has 1 aromatic carbocycles. The van der Waals surface area contributed by atoms with E-state index >= 15 is 0 Å². The first-order valence-corrected chi connectivity index (χ1v) is 5.23. The molecular weight excluding hydrogens is 172 g/mol. The van der Waals surface area contributed by atoms with Crippen LogP contribution in [0.4, 0.5) is 0 Å². The van der Waals surface area contributed by atoms with Crippen LogP contribution in [0.15, 0.2) is 24.3 Å². The zero-order valence-electron chi connectivity index (χ0n) is 9.54. The van der Waals surface area contributed by atoms with Crippen LogP contribution in [-0.2, 0) is 5.41 Å². The van der Waals surface area contributed by atoms with Gasteiger partial charge in [-0.3, -0.25) is 0 Å². The minimum absolute atomic E-state index is 0.190. The van der Waals surface area contributed by atoms with Gasteiger partial charge >= 0.3 is 0 Å². The Hall–Kier alpha value is -0.820. The van der Waals surface area contributed by atoms with E-state index in [9.17, 15) is 5.11 Å². The summed E-state index contributed by atoms with van der Waals surface area (Å²) in [6, 6.07) is 8.26. The first-order chi connectivity index (χ1) is 6.45. The van der Waals surface area contributed by atoms with Gasteiger partial charge in [-0.25, -0.2) is 0 Å².